The number of nitrogens with one attached hydrogen (secondary N) is 1. The molecule has 29 heavy (non-hydrogen) atoms. The van der Waals surface area contributed by atoms with Crippen molar-refractivity contribution in [2.75, 3.05) is 37.6 Å². The Kier molecular flexibility index (Phi) is 6.56. The van der Waals surface area contributed by atoms with E-state index in [1.165, 1.54) is 12.1 Å². The van der Waals surface area contributed by atoms with Gasteiger partial charge in [0.05, 0.1) is 22.1 Å². The van der Waals surface area contributed by atoms with Crippen LogP contribution in [0, 0.1) is 10.1 Å². The Morgan fingerprint density at radius 2 is 1.69 bits per heavy atom. The van der Waals surface area contributed by atoms with E-state index in [9.17, 15) is 19.7 Å². The lowest BCUT2D eigenvalue weighted by atomic mass is 10.2. The SMILES string of the molecule is O=C(NCC(=O)N1CCN(c2ccc(Cl)cc2)CC1)c1ccc([N+](=O)[O-])cc1Cl. The minimum Gasteiger partial charge on any atom is -0.368 e. The Bertz CT molecular complexity index is 928. The molecule has 1 aliphatic heterocycles. The minimum absolute atomic E-state index is 0.0410. The van der Waals surface area contributed by atoms with Gasteiger partial charge in [-0.05, 0) is 30.3 Å². The molecule has 0 unspecified atom stereocenters. The third kappa shape index (κ3) is 5.16. The number of nitro benzene ring substituents is 1. The highest BCUT2D eigenvalue weighted by Crippen LogP contribution is 2.22. The van der Waals surface area contributed by atoms with E-state index < -0.39 is 10.8 Å². The first-order chi connectivity index (χ1) is 13.8. The summed E-state index contributed by atoms with van der Waals surface area (Å²) in [5.41, 5.74) is 0.918. The van der Waals surface area contributed by atoms with Gasteiger partial charge in [-0.15, -0.1) is 0 Å². The van der Waals surface area contributed by atoms with E-state index in [0.29, 0.717) is 31.2 Å². The van der Waals surface area contributed by atoms with Gasteiger partial charge in [0.1, 0.15) is 0 Å². The maximum atomic E-state index is 12.4. The number of benzene rings is 2. The van der Waals surface area contributed by atoms with E-state index in [0.717, 1.165) is 11.8 Å². The molecule has 2 aromatic rings. The summed E-state index contributed by atoms with van der Waals surface area (Å²) in [7, 11) is 0. The molecule has 0 radical (unpaired) electrons. The number of non-ortho nitro benzene ring substituents is 1. The molecule has 1 saturated heterocycles. The lowest BCUT2D eigenvalue weighted by molar-refractivity contribution is -0.384. The monoisotopic (exact) mass is 436 g/mol. The van der Waals surface area contributed by atoms with Crippen LogP contribution in [0.3, 0.4) is 0 Å². The number of nitrogens with zero attached hydrogens (tertiary/aromatic N) is 3. The average Bonchev–Trinajstić information content (AvgIpc) is 2.72. The zero-order valence-electron chi connectivity index (χ0n) is 15.3. The number of nitro groups is 1. The molecule has 0 aliphatic carbocycles. The Hall–Kier alpha value is -2.84. The van der Waals surface area contributed by atoms with Crippen molar-refractivity contribution in [3.63, 3.8) is 0 Å². The fraction of sp³-hybridized carbons (Fsp3) is 0.263. The summed E-state index contributed by atoms with van der Waals surface area (Å²) in [5.74, 6) is -0.759. The number of carbonyl (C=O) groups excluding carboxylic acids is 2. The van der Waals surface area contributed by atoms with Gasteiger partial charge in [0.2, 0.25) is 5.91 Å². The number of carbonyl (C=O) groups is 2. The van der Waals surface area contributed by atoms with Gasteiger partial charge in [-0.25, -0.2) is 0 Å². The second-order valence-electron chi connectivity index (χ2n) is 6.45. The minimum atomic E-state index is -0.596. The van der Waals surface area contributed by atoms with Crippen LogP contribution in [0.5, 0.6) is 0 Å². The van der Waals surface area contributed by atoms with Gasteiger partial charge in [-0.3, -0.25) is 19.7 Å². The third-order valence-electron chi connectivity index (χ3n) is 4.63. The predicted molar refractivity (Wildman–Crippen MR) is 111 cm³/mol. The molecule has 0 aromatic heterocycles. The number of rotatable bonds is 5. The smallest absolute Gasteiger partial charge is 0.270 e. The fourth-order valence-corrected chi connectivity index (χ4v) is 3.42. The normalized spacial score (nSPS) is 13.9. The topological polar surface area (TPSA) is 95.8 Å². The highest BCUT2D eigenvalue weighted by molar-refractivity contribution is 6.34. The lowest BCUT2D eigenvalue weighted by Crippen LogP contribution is -2.51. The molecular formula is C19H18Cl2N4O4. The first-order valence-electron chi connectivity index (χ1n) is 8.85. The van der Waals surface area contributed by atoms with Crippen molar-refractivity contribution in [2.24, 2.45) is 0 Å². The molecule has 2 amide bonds. The summed E-state index contributed by atoms with van der Waals surface area (Å²) < 4.78 is 0. The van der Waals surface area contributed by atoms with Crippen molar-refractivity contribution in [1.29, 1.82) is 0 Å². The van der Waals surface area contributed by atoms with Crippen molar-refractivity contribution >= 4 is 46.4 Å². The van der Waals surface area contributed by atoms with Crippen LogP contribution in [0.25, 0.3) is 0 Å². The van der Waals surface area contributed by atoms with E-state index >= 15 is 0 Å². The quantitative estimate of drug-likeness (QED) is 0.573. The zero-order chi connectivity index (χ0) is 21.0. The molecule has 152 valence electrons. The van der Waals surface area contributed by atoms with Crippen molar-refractivity contribution < 1.29 is 14.5 Å². The predicted octanol–water partition coefficient (Wildman–Crippen LogP) is 2.98. The maximum absolute atomic E-state index is 12.4. The number of halogens is 2. The van der Waals surface area contributed by atoms with Crippen LogP contribution in [-0.2, 0) is 4.79 Å². The molecule has 1 fully saturated rings. The van der Waals surface area contributed by atoms with E-state index in [4.69, 9.17) is 23.2 Å². The van der Waals surface area contributed by atoms with Crippen LogP contribution in [0.1, 0.15) is 10.4 Å². The van der Waals surface area contributed by atoms with Crippen molar-refractivity contribution in [2.45, 2.75) is 0 Å². The lowest BCUT2D eigenvalue weighted by Gasteiger charge is -2.36. The maximum Gasteiger partial charge on any atom is 0.270 e. The van der Waals surface area contributed by atoms with Crippen molar-refractivity contribution in [3.8, 4) is 0 Å². The Morgan fingerprint density at radius 3 is 2.28 bits per heavy atom. The average molecular weight is 437 g/mol. The molecule has 3 rings (SSSR count). The number of piperazine rings is 1. The van der Waals surface area contributed by atoms with Crippen LogP contribution >= 0.6 is 23.2 Å². The van der Waals surface area contributed by atoms with Gasteiger partial charge in [0.25, 0.3) is 11.6 Å². The first-order valence-corrected chi connectivity index (χ1v) is 9.61. The van der Waals surface area contributed by atoms with Crippen molar-refractivity contribution in [3.05, 3.63) is 68.2 Å². The summed E-state index contributed by atoms with van der Waals surface area (Å²) in [6.07, 6.45) is 0. The Balaban J connectivity index is 1.50. The van der Waals surface area contributed by atoms with E-state index in [1.54, 1.807) is 4.90 Å². The molecule has 0 atom stereocenters. The zero-order valence-corrected chi connectivity index (χ0v) is 16.8. The molecule has 10 heteroatoms. The highest BCUT2D eigenvalue weighted by atomic mass is 35.5. The highest BCUT2D eigenvalue weighted by Gasteiger charge is 2.22. The van der Waals surface area contributed by atoms with Gasteiger partial charge < -0.3 is 15.1 Å². The van der Waals surface area contributed by atoms with E-state index in [-0.39, 0.29) is 28.7 Å². The molecule has 1 aliphatic rings. The molecule has 1 N–H and O–H groups in total. The van der Waals surface area contributed by atoms with Gasteiger partial charge in [-0.2, -0.15) is 0 Å². The van der Waals surface area contributed by atoms with Crippen LogP contribution in [0.15, 0.2) is 42.5 Å². The van der Waals surface area contributed by atoms with E-state index in [2.05, 4.69) is 10.2 Å². The van der Waals surface area contributed by atoms with Crippen LogP contribution in [0.2, 0.25) is 10.0 Å². The summed E-state index contributed by atoms with van der Waals surface area (Å²) in [5, 5.41) is 13.9. The second-order valence-corrected chi connectivity index (χ2v) is 7.29. The van der Waals surface area contributed by atoms with Crippen LogP contribution in [-0.4, -0.2) is 54.4 Å². The summed E-state index contributed by atoms with van der Waals surface area (Å²) in [4.78, 5) is 38.6. The Morgan fingerprint density at radius 1 is 1.03 bits per heavy atom. The molecule has 2 aromatic carbocycles. The second kappa shape index (κ2) is 9.11. The molecule has 0 bridgehead atoms. The van der Waals surface area contributed by atoms with Crippen molar-refractivity contribution in [1.82, 2.24) is 10.2 Å². The summed E-state index contributed by atoms with van der Waals surface area (Å²) in [6, 6.07) is 11.1. The Labute approximate surface area is 177 Å². The molecule has 0 spiro atoms. The third-order valence-corrected chi connectivity index (χ3v) is 5.20. The molecule has 0 saturated carbocycles. The van der Waals surface area contributed by atoms with Crippen LogP contribution in [0.4, 0.5) is 11.4 Å². The first kappa shape index (κ1) is 20.9. The molecule has 8 nitrogen and oxygen atoms in total. The van der Waals surface area contributed by atoms with Gasteiger partial charge in [0.15, 0.2) is 0 Å². The molecule has 1 heterocycles. The van der Waals surface area contributed by atoms with Crippen LogP contribution < -0.4 is 10.2 Å². The largest absolute Gasteiger partial charge is 0.368 e. The summed E-state index contributed by atoms with van der Waals surface area (Å²) >= 11 is 11.8. The standard InChI is InChI=1S/C19H18Cl2N4O4/c20-13-1-3-14(4-2-13)23-7-9-24(10-8-23)18(26)12-22-19(27)16-6-5-15(25(28)29)11-17(16)21/h1-6,11H,7-10,12H2,(H,22,27). The number of anilines is 1. The fourth-order valence-electron chi connectivity index (χ4n) is 3.03. The van der Waals surface area contributed by atoms with E-state index in [1.807, 2.05) is 24.3 Å². The number of hydrogen-bond acceptors (Lipinski definition) is 5. The molecular weight excluding hydrogens is 419 g/mol. The number of amides is 2. The summed E-state index contributed by atoms with van der Waals surface area (Å²) in [6.45, 7) is 2.25. The van der Waals surface area contributed by atoms with Gasteiger partial charge in [0, 0.05) is 49.0 Å². The van der Waals surface area contributed by atoms with Gasteiger partial charge >= 0.3 is 0 Å². The number of hydrogen-bond donors (Lipinski definition) is 1. The van der Waals surface area contributed by atoms with Gasteiger partial charge in [-0.1, -0.05) is 23.2 Å².